The van der Waals surface area contributed by atoms with Crippen LogP contribution >= 0.6 is 11.3 Å². The maximum atomic E-state index is 4.38. The van der Waals surface area contributed by atoms with E-state index in [1.54, 1.807) is 11.3 Å². The van der Waals surface area contributed by atoms with E-state index in [2.05, 4.69) is 40.6 Å². The molecule has 0 aliphatic rings. The molecule has 0 saturated heterocycles. The third-order valence-corrected chi connectivity index (χ3v) is 3.48. The molecule has 0 bridgehead atoms. The Morgan fingerprint density at radius 2 is 2.24 bits per heavy atom. The zero-order chi connectivity index (χ0) is 12.3. The number of anilines is 1. The lowest BCUT2D eigenvalue weighted by atomic mass is 10.3. The largest absolute Gasteiger partial charge is 0.362 e. The first-order valence-electron chi connectivity index (χ1n) is 5.94. The quantitative estimate of drug-likeness (QED) is 0.884. The highest BCUT2D eigenvalue weighted by atomic mass is 32.1. The van der Waals surface area contributed by atoms with Crippen LogP contribution in [-0.2, 0) is 0 Å². The minimum atomic E-state index is 0.418. The molecular formula is C12H18N4S. The molecule has 0 spiro atoms. The maximum absolute atomic E-state index is 4.38. The van der Waals surface area contributed by atoms with Crippen LogP contribution in [0.15, 0.2) is 18.7 Å². The summed E-state index contributed by atoms with van der Waals surface area (Å²) in [6.07, 6.45) is 6.80. The van der Waals surface area contributed by atoms with Gasteiger partial charge in [-0.2, -0.15) is 0 Å². The van der Waals surface area contributed by atoms with Gasteiger partial charge in [0.25, 0.3) is 0 Å². The van der Waals surface area contributed by atoms with Crippen molar-refractivity contribution in [3.05, 3.63) is 18.7 Å². The van der Waals surface area contributed by atoms with Gasteiger partial charge >= 0.3 is 0 Å². The van der Waals surface area contributed by atoms with Gasteiger partial charge in [0.2, 0.25) is 0 Å². The normalized spacial score (nSPS) is 11.1. The predicted octanol–water partition coefficient (Wildman–Crippen LogP) is 3.41. The highest BCUT2D eigenvalue weighted by molar-refractivity contribution is 7.18. The van der Waals surface area contributed by atoms with Crippen molar-refractivity contribution in [2.75, 3.05) is 11.9 Å². The third kappa shape index (κ3) is 2.66. The molecule has 1 N–H and O–H groups in total. The van der Waals surface area contributed by atoms with Crippen LogP contribution in [0.3, 0.4) is 0 Å². The topological polar surface area (TPSA) is 42.7 Å². The van der Waals surface area contributed by atoms with Gasteiger partial charge in [0.15, 0.2) is 5.13 Å². The SMILES string of the molecule is CCCNc1ncc(-c2cncn2C(C)C)s1. The summed E-state index contributed by atoms with van der Waals surface area (Å²) in [7, 11) is 0. The summed E-state index contributed by atoms with van der Waals surface area (Å²) in [5.41, 5.74) is 1.14. The second-order valence-corrected chi connectivity index (χ2v) is 5.27. The molecule has 0 fully saturated rings. The second kappa shape index (κ2) is 5.31. The molecule has 0 aliphatic carbocycles. The summed E-state index contributed by atoms with van der Waals surface area (Å²) in [4.78, 5) is 9.75. The second-order valence-electron chi connectivity index (χ2n) is 4.24. The Balaban J connectivity index is 2.21. The minimum absolute atomic E-state index is 0.418. The van der Waals surface area contributed by atoms with Crippen LogP contribution in [0.1, 0.15) is 33.2 Å². The predicted molar refractivity (Wildman–Crippen MR) is 72.5 cm³/mol. The molecule has 2 rings (SSSR count). The van der Waals surface area contributed by atoms with Gasteiger partial charge in [-0.3, -0.25) is 0 Å². The van der Waals surface area contributed by atoms with Crippen LogP contribution in [-0.4, -0.2) is 21.1 Å². The van der Waals surface area contributed by atoms with Gasteiger partial charge in [0, 0.05) is 18.8 Å². The van der Waals surface area contributed by atoms with Gasteiger partial charge in [-0.05, 0) is 20.3 Å². The molecular weight excluding hydrogens is 232 g/mol. The third-order valence-electron chi connectivity index (χ3n) is 2.51. The first-order valence-corrected chi connectivity index (χ1v) is 6.76. The van der Waals surface area contributed by atoms with Gasteiger partial charge in [-0.25, -0.2) is 9.97 Å². The van der Waals surface area contributed by atoms with Gasteiger partial charge in [0.1, 0.15) is 0 Å². The summed E-state index contributed by atoms with van der Waals surface area (Å²) in [5, 5.41) is 4.29. The van der Waals surface area contributed by atoms with E-state index in [1.807, 2.05) is 18.7 Å². The highest BCUT2D eigenvalue weighted by Crippen LogP contribution is 2.30. The van der Waals surface area contributed by atoms with E-state index in [9.17, 15) is 0 Å². The van der Waals surface area contributed by atoms with Crippen molar-refractivity contribution in [1.29, 1.82) is 0 Å². The molecule has 92 valence electrons. The molecule has 17 heavy (non-hydrogen) atoms. The average molecular weight is 250 g/mol. The van der Waals surface area contributed by atoms with Crippen molar-refractivity contribution in [3.63, 3.8) is 0 Å². The first kappa shape index (κ1) is 12.1. The van der Waals surface area contributed by atoms with Crippen molar-refractivity contribution in [3.8, 4) is 10.6 Å². The Morgan fingerprint density at radius 3 is 2.94 bits per heavy atom. The maximum Gasteiger partial charge on any atom is 0.183 e. The van der Waals surface area contributed by atoms with Crippen molar-refractivity contribution >= 4 is 16.5 Å². The molecule has 5 heteroatoms. The van der Waals surface area contributed by atoms with Gasteiger partial charge in [-0.15, -0.1) is 0 Å². The van der Waals surface area contributed by atoms with Crippen LogP contribution in [0, 0.1) is 0 Å². The fourth-order valence-electron chi connectivity index (χ4n) is 1.61. The number of nitrogens with one attached hydrogen (secondary N) is 1. The van der Waals surface area contributed by atoms with Crippen LogP contribution in [0.25, 0.3) is 10.6 Å². The summed E-state index contributed by atoms with van der Waals surface area (Å²) < 4.78 is 2.16. The van der Waals surface area contributed by atoms with E-state index in [-0.39, 0.29) is 0 Å². The Bertz CT molecular complexity index is 472. The van der Waals surface area contributed by atoms with Crippen LogP contribution in [0.2, 0.25) is 0 Å². The molecule has 4 nitrogen and oxygen atoms in total. The van der Waals surface area contributed by atoms with Crippen molar-refractivity contribution < 1.29 is 0 Å². The van der Waals surface area contributed by atoms with Crippen LogP contribution < -0.4 is 5.32 Å². The van der Waals surface area contributed by atoms with E-state index in [0.29, 0.717) is 6.04 Å². The number of rotatable bonds is 5. The molecule has 0 saturated carbocycles. The van der Waals surface area contributed by atoms with E-state index < -0.39 is 0 Å². The molecule has 0 atom stereocenters. The molecule has 0 unspecified atom stereocenters. The number of thiazole rings is 1. The molecule has 0 radical (unpaired) electrons. The average Bonchev–Trinajstić information content (AvgIpc) is 2.94. The lowest BCUT2D eigenvalue weighted by Crippen LogP contribution is -1.99. The van der Waals surface area contributed by atoms with Crippen molar-refractivity contribution in [2.24, 2.45) is 0 Å². The van der Waals surface area contributed by atoms with Gasteiger partial charge in [0.05, 0.1) is 23.1 Å². The van der Waals surface area contributed by atoms with Gasteiger partial charge in [-0.1, -0.05) is 18.3 Å². The fraction of sp³-hybridized carbons (Fsp3) is 0.500. The van der Waals surface area contributed by atoms with Crippen molar-refractivity contribution in [1.82, 2.24) is 14.5 Å². The molecule has 0 amide bonds. The molecule has 2 heterocycles. The van der Waals surface area contributed by atoms with E-state index >= 15 is 0 Å². The Kier molecular flexibility index (Phi) is 3.78. The molecule has 0 aliphatic heterocycles. The molecule has 2 aromatic rings. The Morgan fingerprint density at radius 1 is 1.41 bits per heavy atom. The van der Waals surface area contributed by atoms with E-state index in [1.165, 1.54) is 0 Å². The molecule has 0 aromatic carbocycles. The summed E-state index contributed by atoms with van der Waals surface area (Å²) >= 11 is 1.68. The highest BCUT2D eigenvalue weighted by Gasteiger charge is 2.10. The van der Waals surface area contributed by atoms with E-state index in [4.69, 9.17) is 0 Å². The molecule has 2 aromatic heterocycles. The zero-order valence-electron chi connectivity index (χ0n) is 10.5. The number of nitrogens with zero attached hydrogens (tertiary/aromatic N) is 3. The van der Waals surface area contributed by atoms with E-state index in [0.717, 1.165) is 28.7 Å². The van der Waals surface area contributed by atoms with Crippen molar-refractivity contribution in [2.45, 2.75) is 33.2 Å². The van der Waals surface area contributed by atoms with Crippen LogP contribution in [0.5, 0.6) is 0 Å². The summed E-state index contributed by atoms with van der Waals surface area (Å²) in [5.74, 6) is 0. The number of imidazole rings is 1. The summed E-state index contributed by atoms with van der Waals surface area (Å²) in [6.45, 7) is 7.43. The number of hydrogen-bond donors (Lipinski definition) is 1. The zero-order valence-corrected chi connectivity index (χ0v) is 11.3. The first-order chi connectivity index (χ1) is 8.22. The summed E-state index contributed by atoms with van der Waals surface area (Å²) in [6, 6.07) is 0.418. The van der Waals surface area contributed by atoms with Gasteiger partial charge < -0.3 is 9.88 Å². The smallest absolute Gasteiger partial charge is 0.183 e. The number of aromatic nitrogens is 3. The Labute approximate surface area is 106 Å². The minimum Gasteiger partial charge on any atom is -0.362 e. The lowest BCUT2D eigenvalue weighted by Gasteiger charge is -2.09. The lowest BCUT2D eigenvalue weighted by molar-refractivity contribution is 0.606. The standard InChI is InChI=1S/C12H18N4S/c1-4-5-14-12-15-7-11(17-12)10-6-13-8-16(10)9(2)3/h6-9H,4-5H2,1-3H3,(H,14,15). The Hall–Kier alpha value is -1.36. The monoisotopic (exact) mass is 250 g/mol. The fourth-order valence-corrected chi connectivity index (χ4v) is 2.47. The number of hydrogen-bond acceptors (Lipinski definition) is 4. The van der Waals surface area contributed by atoms with Crippen LogP contribution in [0.4, 0.5) is 5.13 Å².